The number of benzene rings is 1. The lowest BCUT2D eigenvalue weighted by Crippen LogP contribution is -2.15. The first kappa shape index (κ1) is 12.5. The summed E-state index contributed by atoms with van der Waals surface area (Å²) in [7, 11) is 2.15. The zero-order valence-corrected chi connectivity index (χ0v) is 12.1. The van der Waals surface area contributed by atoms with Crippen LogP contribution in [0.3, 0.4) is 0 Å². The quantitative estimate of drug-likeness (QED) is 0.762. The number of nitrogens with zero attached hydrogens (tertiary/aromatic N) is 1. The maximum atomic E-state index is 3.53. The molecule has 0 fully saturated rings. The fourth-order valence-corrected chi connectivity index (χ4v) is 3.27. The Morgan fingerprint density at radius 3 is 2.74 bits per heavy atom. The Bertz CT molecular complexity index is 641. The maximum Gasteiger partial charge on any atom is 0.0483 e. The van der Waals surface area contributed by atoms with Crippen molar-refractivity contribution in [2.45, 2.75) is 20.0 Å². The molecule has 2 aromatic heterocycles. The van der Waals surface area contributed by atoms with E-state index in [1.165, 1.54) is 27.7 Å². The van der Waals surface area contributed by atoms with Gasteiger partial charge in [0, 0.05) is 36.7 Å². The fourth-order valence-electron chi connectivity index (χ4n) is 2.61. The minimum atomic E-state index is 0.910. The second-order valence-electron chi connectivity index (χ2n) is 4.88. The van der Waals surface area contributed by atoms with Crippen molar-refractivity contribution in [1.29, 1.82) is 0 Å². The van der Waals surface area contributed by atoms with Crippen LogP contribution in [0, 0.1) is 6.92 Å². The van der Waals surface area contributed by atoms with Gasteiger partial charge in [-0.2, -0.15) is 11.3 Å². The molecule has 0 saturated heterocycles. The third-order valence-electron chi connectivity index (χ3n) is 3.71. The molecular formula is C16H18N2S. The van der Waals surface area contributed by atoms with Crippen molar-refractivity contribution in [2.75, 3.05) is 0 Å². The highest BCUT2D eigenvalue weighted by Crippen LogP contribution is 2.24. The minimum absolute atomic E-state index is 0.910. The topological polar surface area (TPSA) is 17.0 Å². The van der Waals surface area contributed by atoms with Crippen molar-refractivity contribution in [2.24, 2.45) is 7.05 Å². The summed E-state index contributed by atoms with van der Waals surface area (Å²) in [6.07, 6.45) is 0. The Morgan fingerprint density at radius 2 is 2.00 bits per heavy atom. The standard InChI is InChI=1S/C16H18N2S/c1-12-14-5-3-4-6-15(14)18(2)16(12)10-17-9-13-7-8-19-11-13/h3-8,11,17H,9-10H2,1-2H3. The highest BCUT2D eigenvalue weighted by atomic mass is 32.1. The number of rotatable bonds is 4. The van der Waals surface area contributed by atoms with Gasteiger partial charge in [-0.3, -0.25) is 0 Å². The van der Waals surface area contributed by atoms with Gasteiger partial charge in [0.2, 0.25) is 0 Å². The van der Waals surface area contributed by atoms with Crippen LogP contribution in [0.1, 0.15) is 16.8 Å². The van der Waals surface area contributed by atoms with Crippen LogP contribution in [0.25, 0.3) is 10.9 Å². The van der Waals surface area contributed by atoms with Gasteiger partial charge in [0.15, 0.2) is 0 Å². The molecule has 0 aliphatic rings. The summed E-state index contributed by atoms with van der Waals surface area (Å²) in [5.41, 5.74) is 5.43. The Hall–Kier alpha value is -1.58. The lowest BCUT2D eigenvalue weighted by Gasteiger charge is -2.07. The number of para-hydroxylation sites is 1. The molecule has 1 N–H and O–H groups in total. The van der Waals surface area contributed by atoms with Gasteiger partial charge < -0.3 is 9.88 Å². The van der Waals surface area contributed by atoms with Crippen LogP contribution < -0.4 is 5.32 Å². The SMILES string of the molecule is Cc1c(CNCc2ccsc2)n(C)c2ccccc12. The largest absolute Gasteiger partial charge is 0.346 e. The van der Waals surface area contributed by atoms with E-state index in [0.29, 0.717) is 0 Å². The van der Waals surface area contributed by atoms with E-state index in [-0.39, 0.29) is 0 Å². The molecule has 1 aromatic carbocycles. The second-order valence-corrected chi connectivity index (χ2v) is 5.66. The second kappa shape index (κ2) is 5.19. The Labute approximate surface area is 117 Å². The van der Waals surface area contributed by atoms with Gasteiger partial charge in [0.05, 0.1) is 0 Å². The molecule has 19 heavy (non-hydrogen) atoms. The summed E-state index contributed by atoms with van der Waals surface area (Å²) >= 11 is 1.75. The molecular weight excluding hydrogens is 252 g/mol. The number of nitrogens with one attached hydrogen (secondary N) is 1. The average molecular weight is 270 g/mol. The monoisotopic (exact) mass is 270 g/mol. The number of hydrogen-bond acceptors (Lipinski definition) is 2. The van der Waals surface area contributed by atoms with Crippen LogP contribution in [-0.2, 0) is 20.1 Å². The van der Waals surface area contributed by atoms with Gasteiger partial charge in [0.1, 0.15) is 0 Å². The summed E-state index contributed by atoms with van der Waals surface area (Å²) in [6, 6.07) is 10.8. The van der Waals surface area contributed by atoms with Crippen LogP contribution in [0.15, 0.2) is 41.1 Å². The van der Waals surface area contributed by atoms with Crippen molar-refractivity contribution in [3.8, 4) is 0 Å². The summed E-state index contributed by atoms with van der Waals surface area (Å²) in [5.74, 6) is 0. The van der Waals surface area contributed by atoms with Crippen molar-refractivity contribution < 1.29 is 0 Å². The van der Waals surface area contributed by atoms with Gasteiger partial charge in [0.25, 0.3) is 0 Å². The molecule has 0 unspecified atom stereocenters. The summed E-state index contributed by atoms with van der Waals surface area (Å²) < 4.78 is 2.30. The van der Waals surface area contributed by atoms with E-state index in [0.717, 1.165) is 13.1 Å². The summed E-state index contributed by atoms with van der Waals surface area (Å²) in [6.45, 7) is 4.06. The van der Waals surface area contributed by atoms with Crippen LogP contribution in [-0.4, -0.2) is 4.57 Å². The van der Waals surface area contributed by atoms with Crippen molar-refractivity contribution in [3.05, 3.63) is 57.9 Å². The molecule has 0 aliphatic heterocycles. The number of aromatic nitrogens is 1. The van der Waals surface area contributed by atoms with Gasteiger partial charge in [-0.25, -0.2) is 0 Å². The predicted molar refractivity (Wildman–Crippen MR) is 82.5 cm³/mol. The Kier molecular flexibility index (Phi) is 3.40. The molecule has 0 bridgehead atoms. The molecule has 0 saturated carbocycles. The zero-order chi connectivity index (χ0) is 13.2. The molecule has 98 valence electrons. The predicted octanol–water partition coefficient (Wildman–Crippen LogP) is 3.84. The highest BCUT2D eigenvalue weighted by molar-refractivity contribution is 7.07. The highest BCUT2D eigenvalue weighted by Gasteiger charge is 2.10. The molecule has 0 aliphatic carbocycles. The van der Waals surface area contributed by atoms with E-state index in [2.05, 4.69) is 64.9 Å². The van der Waals surface area contributed by atoms with Crippen LogP contribution in [0.5, 0.6) is 0 Å². The smallest absolute Gasteiger partial charge is 0.0483 e. The van der Waals surface area contributed by atoms with Gasteiger partial charge in [-0.15, -0.1) is 0 Å². The van der Waals surface area contributed by atoms with E-state index in [1.54, 1.807) is 11.3 Å². The lowest BCUT2D eigenvalue weighted by atomic mass is 10.1. The van der Waals surface area contributed by atoms with Gasteiger partial charge in [-0.05, 0) is 40.9 Å². The summed E-state index contributed by atoms with van der Waals surface area (Å²) in [4.78, 5) is 0. The fraction of sp³-hybridized carbons (Fsp3) is 0.250. The molecule has 3 rings (SSSR count). The zero-order valence-electron chi connectivity index (χ0n) is 11.3. The Morgan fingerprint density at radius 1 is 1.16 bits per heavy atom. The average Bonchev–Trinajstić information content (AvgIpc) is 3.02. The van der Waals surface area contributed by atoms with E-state index in [4.69, 9.17) is 0 Å². The van der Waals surface area contributed by atoms with E-state index >= 15 is 0 Å². The number of fused-ring (bicyclic) bond motifs is 1. The molecule has 0 radical (unpaired) electrons. The molecule has 0 amide bonds. The third-order valence-corrected chi connectivity index (χ3v) is 4.44. The maximum absolute atomic E-state index is 3.53. The number of aryl methyl sites for hydroxylation is 2. The molecule has 0 spiro atoms. The third kappa shape index (κ3) is 2.31. The minimum Gasteiger partial charge on any atom is -0.346 e. The first-order chi connectivity index (χ1) is 9.27. The van der Waals surface area contributed by atoms with Crippen molar-refractivity contribution in [3.63, 3.8) is 0 Å². The van der Waals surface area contributed by atoms with Crippen LogP contribution in [0.2, 0.25) is 0 Å². The van der Waals surface area contributed by atoms with E-state index < -0.39 is 0 Å². The van der Waals surface area contributed by atoms with Crippen LogP contribution >= 0.6 is 11.3 Å². The van der Waals surface area contributed by atoms with Gasteiger partial charge in [-0.1, -0.05) is 18.2 Å². The molecule has 3 heteroatoms. The molecule has 2 heterocycles. The van der Waals surface area contributed by atoms with E-state index in [1.807, 2.05) is 0 Å². The molecule has 3 aromatic rings. The van der Waals surface area contributed by atoms with Gasteiger partial charge >= 0.3 is 0 Å². The van der Waals surface area contributed by atoms with Crippen LogP contribution in [0.4, 0.5) is 0 Å². The summed E-state index contributed by atoms with van der Waals surface area (Å²) in [5, 5.41) is 9.21. The molecule has 2 nitrogen and oxygen atoms in total. The lowest BCUT2D eigenvalue weighted by molar-refractivity contribution is 0.657. The van der Waals surface area contributed by atoms with Crippen molar-refractivity contribution in [1.82, 2.24) is 9.88 Å². The first-order valence-electron chi connectivity index (χ1n) is 6.52. The Balaban J connectivity index is 1.81. The molecule has 0 atom stereocenters. The van der Waals surface area contributed by atoms with Crippen molar-refractivity contribution >= 4 is 22.2 Å². The number of thiophene rings is 1. The van der Waals surface area contributed by atoms with E-state index in [9.17, 15) is 0 Å². The number of hydrogen-bond donors (Lipinski definition) is 1. The normalized spacial score (nSPS) is 11.3. The first-order valence-corrected chi connectivity index (χ1v) is 7.46.